The second-order valence-corrected chi connectivity index (χ2v) is 6.48. The fraction of sp³-hybridized carbons (Fsp3) is 0.0833. The number of anilines is 1. The Hall–Kier alpha value is -3.86. The number of rotatable bonds is 5. The summed E-state index contributed by atoms with van der Waals surface area (Å²) in [6.45, 7) is 2.43. The number of hydrogen-bond acceptors (Lipinski definition) is 4. The quantitative estimate of drug-likeness (QED) is 0.485. The molecule has 4 rings (SSSR count). The van der Waals surface area contributed by atoms with Crippen molar-refractivity contribution in [3.05, 3.63) is 94.8 Å². The minimum atomic E-state index is -0.395. The number of carbonyl (C=O) groups excluding carboxylic acids is 1. The summed E-state index contributed by atoms with van der Waals surface area (Å²) in [6, 6.07) is 23.3. The normalized spacial score (nSPS) is 10.7. The van der Waals surface area contributed by atoms with Crippen molar-refractivity contribution in [2.75, 3.05) is 11.9 Å². The third-order valence-electron chi connectivity index (χ3n) is 4.50. The molecule has 4 aromatic rings. The van der Waals surface area contributed by atoms with Gasteiger partial charge >= 0.3 is 5.63 Å². The minimum absolute atomic E-state index is 0.232. The summed E-state index contributed by atoms with van der Waals surface area (Å²) in [5.41, 5.74) is 2.50. The Labute approximate surface area is 167 Å². The second kappa shape index (κ2) is 8.02. The molecular formula is C24H19NO4. The average molecular weight is 385 g/mol. The fourth-order valence-electron chi connectivity index (χ4n) is 3.09. The molecule has 0 bridgehead atoms. The molecule has 0 saturated carbocycles. The van der Waals surface area contributed by atoms with Crippen molar-refractivity contribution in [1.29, 1.82) is 0 Å². The van der Waals surface area contributed by atoms with Crippen LogP contribution in [0.2, 0.25) is 0 Å². The van der Waals surface area contributed by atoms with E-state index < -0.39 is 5.63 Å². The van der Waals surface area contributed by atoms with Crippen LogP contribution in [0.3, 0.4) is 0 Å². The molecule has 3 aromatic carbocycles. The van der Waals surface area contributed by atoms with Crippen LogP contribution in [0.5, 0.6) is 5.75 Å². The third kappa shape index (κ3) is 4.04. The van der Waals surface area contributed by atoms with Gasteiger partial charge in [-0.1, -0.05) is 36.4 Å². The largest absolute Gasteiger partial charge is 0.494 e. The molecule has 0 aliphatic heterocycles. The highest BCUT2D eigenvalue weighted by molar-refractivity contribution is 6.04. The molecular weight excluding hydrogens is 366 g/mol. The monoisotopic (exact) mass is 385 g/mol. The minimum Gasteiger partial charge on any atom is -0.494 e. The number of hydrogen-bond donors (Lipinski definition) is 1. The van der Waals surface area contributed by atoms with Crippen LogP contribution in [0.1, 0.15) is 17.3 Å². The van der Waals surface area contributed by atoms with Gasteiger partial charge in [-0.3, -0.25) is 4.79 Å². The van der Waals surface area contributed by atoms with Gasteiger partial charge in [-0.2, -0.15) is 0 Å². The summed E-state index contributed by atoms with van der Waals surface area (Å²) in [5, 5.41) is 3.71. The van der Waals surface area contributed by atoms with Gasteiger partial charge in [0.15, 0.2) is 0 Å². The first-order valence-corrected chi connectivity index (χ1v) is 9.31. The molecule has 1 N–H and O–H groups in total. The molecule has 0 aliphatic rings. The maximum atomic E-state index is 12.5. The highest BCUT2D eigenvalue weighted by Gasteiger charge is 2.10. The molecule has 0 unspecified atom stereocenters. The van der Waals surface area contributed by atoms with Crippen molar-refractivity contribution in [1.82, 2.24) is 0 Å². The van der Waals surface area contributed by atoms with Crippen LogP contribution in [0.25, 0.3) is 22.1 Å². The zero-order valence-corrected chi connectivity index (χ0v) is 15.8. The van der Waals surface area contributed by atoms with Crippen LogP contribution in [-0.4, -0.2) is 12.5 Å². The summed E-state index contributed by atoms with van der Waals surface area (Å²) in [6.07, 6.45) is 0. The lowest BCUT2D eigenvalue weighted by atomic mass is 10.1. The van der Waals surface area contributed by atoms with Gasteiger partial charge in [0.25, 0.3) is 5.91 Å². The van der Waals surface area contributed by atoms with Crippen molar-refractivity contribution in [2.24, 2.45) is 0 Å². The molecule has 0 aliphatic carbocycles. The first kappa shape index (κ1) is 18.5. The van der Waals surface area contributed by atoms with Crippen molar-refractivity contribution >= 4 is 22.6 Å². The Morgan fingerprint density at radius 2 is 1.76 bits per heavy atom. The van der Waals surface area contributed by atoms with E-state index in [-0.39, 0.29) is 5.91 Å². The fourth-order valence-corrected chi connectivity index (χ4v) is 3.09. The first-order chi connectivity index (χ1) is 14.1. The van der Waals surface area contributed by atoms with E-state index in [1.807, 2.05) is 37.3 Å². The number of nitrogens with one attached hydrogen (secondary N) is 1. The summed E-state index contributed by atoms with van der Waals surface area (Å²) in [4.78, 5) is 24.8. The number of benzene rings is 3. The molecule has 0 radical (unpaired) electrons. The molecule has 1 heterocycles. The van der Waals surface area contributed by atoms with Gasteiger partial charge < -0.3 is 14.5 Å². The zero-order valence-electron chi connectivity index (χ0n) is 15.8. The Bertz CT molecular complexity index is 1230. The van der Waals surface area contributed by atoms with E-state index in [1.54, 1.807) is 48.5 Å². The van der Waals surface area contributed by atoms with Crippen LogP contribution in [0, 0.1) is 0 Å². The Kier molecular flexibility index (Phi) is 5.12. The van der Waals surface area contributed by atoms with Gasteiger partial charge in [-0.15, -0.1) is 0 Å². The highest BCUT2D eigenvalue weighted by atomic mass is 16.5. The lowest BCUT2D eigenvalue weighted by Crippen LogP contribution is -2.12. The number of ether oxygens (including phenoxy) is 1. The number of fused-ring (bicyclic) bond motifs is 1. The molecule has 5 heteroatoms. The molecule has 1 amide bonds. The van der Waals surface area contributed by atoms with Crippen molar-refractivity contribution < 1.29 is 13.9 Å². The number of amides is 1. The number of para-hydroxylation sites is 1. The lowest BCUT2D eigenvalue weighted by molar-refractivity contribution is 0.102. The third-order valence-corrected chi connectivity index (χ3v) is 4.50. The van der Waals surface area contributed by atoms with Gasteiger partial charge in [-0.25, -0.2) is 4.79 Å². The van der Waals surface area contributed by atoms with Crippen LogP contribution in [0.15, 0.2) is 88.1 Å². The smallest absolute Gasteiger partial charge is 0.344 e. The second-order valence-electron chi connectivity index (χ2n) is 6.48. The predicted molar refractivity (Wildman–Crippen MR) is 113 cm³/mol. The van der Waals surface area contributed by atoms with E-state index in [9.17, 15) is 9.59 Å². The Balaban J connectivity index is 1.55. The average Bonchev–Trinajstić information content (AvgIpc) is 2.74. The summed E-state index contributed by atoms with van der Waals surface area (Å²) in [7, 11) is 0. The van der Waals surface area contributed by atoms with Crippen LogP contribution < -0.4 is 15.7 Å². The highest BCUT2D eigenvalue weighted by Crippen LogP contribution is 2.23. The van der Waals surface area contributed by atoms with E-state index in [4.69, 9.17) is 9.15 Å². The molecule has 1 aromatic heterocycles. The first-order valence-electron chi connectivity index (χ1n) is 9.31. The zero-order chi connectivity index (χ0) is 20.2. The van der Waals surface area contributed by atoms with Crippen LogP contribution in [-0.2, 0) is 0 Å². The summed E-state index contributed by atoms with van der Waals surface area (Å²) >= 11 is 0. The molecule has 0 saturated heterocycles. The van der Waals surface area contributed by atoms with E-state index in [1.165, 1.54) is 0 Å². The van der Waals surface area contributed by atoms with E-state index in [0.717, 1.165) is 10.9 Å². The molecule has 0 atom stereocenters. The van der Waals surface area contributed by atoms with Gasteiger partial charge in [0.2, 0.25) is 0 Å². The van der Waals surface area contributed by atoms with Crippen LogP contribution >= 0.6 is 0 Å². The predicted octanol–water partition coefficient (Wildman–Crippen LogP) is 5.11. The lowest BCUT2D eigenvalue weighted by Gasteiger charge is -2.08. The maximum absolute atomic E-state index is 12.5. The standard InChI is InChI=1S/C24H19NO4/c1-2-28-20-8-5-7-18(14-20)23(26)25-19-12-10-16(11-13-19)21-15-17-6-3-4-9-22(17)29-24(21)27/h3-15H,2H2,1H3,(H,25,26). The molecule has 144 valence electrons. The van der Waals surface area contributed by atoms with E-state index >= 15 is 0 Å². The van der Waals surface area contributed by atoms with E-state index in [2.05, 4.69) is 5.32 Å². The van der Waals surface area contributed by atoms with Crippen LogP contribution in [0.4, 0.5) is 5.69 Å². The van der Waals surface area contributed by atoms with E-state index in [0.29, 0.717) is 34.8 Å². The molecule has 0 spiro atoms. The SMILES string of the molecule is CCOc1cccc(C(=O)Nc2ccc(-c3cc4ccccc4oc3=O)cc2)c1. The Morgan fingerprint density at radius 1 is 0.966 bits per heavy atom. The summed E-state index contributed by atoms with van der Waals surface area (Å²) < 4.78 is 10.8. The van der Waals surface area contributed by atoms with Gasteiger partial charge in [-0.05, 0) is 55.0 Å². The maximum Gasteiger partial charge on any atom is 0.344 e. The Morgan fingerprint density at radius 3 is 2.55 bits per heavy atom. The molecule has 5 nitrogen and oxygen atoms in total. The number of carbonyl (C=O) groups is 1. The van der Waals surface area contributed by atoms with Gasteiger partial charge in [0.05, 0.1) is 12.2 Å². The van der Waals surface area contributed by atoms with Gasteiger partial charge in [0.1, 0.15) is 11.3 Å². The van der Waals surface area contributed by atoms with Crippen molar-refractivity contribution in [3.63, 3.8) is 0 Å². The van der Waals surface area contributed by atoms with Crippen molar-refractivity contribution in [2.45, 2.75) is 6.92 Å². The van der Waals surface area contributed by atoms with Crippen molar-refractivity contribution in [3.8, 4) is 16.9 Å². The van der Waals surface area contributed by atoms with Gasteiger partial charge in [0, 0.05) is 16.6 Å². The summed E-state index contributed by atoms with van der Waals surface area (Å²) in [5.74, 6) is 0.419. The molecule has 0 fully saturated rings. The molecule has 29 heavy (non-hydrogen) atoms. The topological polar surface area (TPSA) is 68.5 Å².